The molecule has 0 atom stereocenters. The highest BCUT2D eigenvalue weighted by Crippen LogP contribution is 2.16. The first kappa shape index (κ1) is 18.3. The second kappa shape index (κ2) is 8.62. The monoisotopic (exact) mass is 330 g/mol. The van der Waals surface area contributed by atoms with Crippen molar-refractivity contribution in [3.63, 3.8) is 0 Å². The zero-order valence-electron chi connectivity index (χ0n) is 12.1. The van der Waals surface area contributed by atoms with Crippen LogP contribution in [0, 0.1) is 0 Å². The Morgan fingerprint density at radius 3 is 2.23 bits per heavy atom. The van der Waals surface area contributed by atoms with Crippen LogP contribution >= 0.6 is 0 Å². The van der Waals surface area contributed by atoms with Gasteiger partial charge in [-0.3, -0.25) is 14.1 Å². The van der Waals surface area contributed by atoms with Gasteiger partial charge in [0, 0.05) is 20.0 Å². The van der Waals surface area contributed by atoms with E-state index < -0.39 is 16.1 Å². The van der Waals surface area contributed by atoms with Crippen LogP contribution in [0.1, 0.15) is 25.7 Å². The zero-order chi connectivity index (χ0) is 16.6. The topological polar surface area (TPSA) is 107 Å². The van der Waals surface area contributed by atoms with Crippen molar-refractivity contribution in [2.75, 3.05) is 13.7 Å². The summed E-state index contributed by atoms with van der Waals surface area (Å²) in [5.41, 5.74) is 0. The van der Waals surface area contributed by atoms with Gasteiger partial charge in [0.15, 0.2) is 5.78 Å². The van der Waals surface area contributed by atoms with Crippen molar-refractivity contribution >= 4 is 21.9 Å². The minimum Gasteiger partial charge on any atom is -0.427 e. The maximum atomic E-state index is 11.6. The highest BCUT2D eigenvalue weighted by atomic mass is 32.2. The van der Waals surface area contributed by atoms with E-state index in [9.17, 15) is 18.0 Å². The summed E-state index contributed by atoms with van der Waals surface area (Å²) in [4.78, 5) is 22.5. The Hall–Kier alpha value is -1.77. The first-order chi connectivity index (χ1) is 10.3. The van der Waals surface area contributed by atoms with Crippen LogP contribution in [0.25, 0.3) is 0 Å². The Balaban J connectivity index is 2.35. The van der Waals surface area contributed by atoms with E-state index in [2.05, 4.69) is 0 Å². The van der Waals surface area contributed by atoms with Gasteiger partial charge < -0.3 is 9.47 Å². The fraction of sp³-hybridized carbons (Fsp3) is 0.429. The predicted octanol–water partition coefficient (Wildman–Crippen LogP) is 1.61. The zero-order valence-corrected chi connectivity index (χ0v) is 13.0. The number of hydrogen-bond acceptors (Lipinski definition) is 6. The molecule has 8 heteroatoms. The van der Waals surface area contributed by atoms with Gasteiger partial charge in [-0.25, -0.2) is 0 Å². The number of Topliss-reactive ketones (excluding diaryl/α,β-unsaturated/α-hetero) is 1. The molecule has 0 saturated heterocycles. The molecule has 1 N–H and O–H groups in total. The quantitative estimate of drug-likeness (QED) is 0.317. The Kier molecular flexibility index (Phi) is 7.16. The van der Waals surface area contributed by atoms with E-state index in [-0.39, 0.29) is 29.5 Å². The fourth-order valence-electron chi connectivity index (χ4n) is 1.69. The van der Waals surface area contributed by atoms with Crippen molar-refractivity contribution in [3.8, 4) is 5.75 Å². The third-order valence-corrected chi connectivity index (χ3v) is 3.61. The van der Waals surface area contributed by atoms with E-state index >= 15 is 0 Å². The van der Waals surface area contributed by atoms with Crippen molar-refractivity contribution in [2.45, 2.75) is 30.6 Å². The van der Waals surface area contributed by atoms with Crippen molar-refractivity contribution < 1.29 is 32.0 Å². The number of ketones is 1. The van der Waals surface area contributed by atoms with E-state index in [0.717, 1.165) is 12.1 Å². The molecule has 0 spiro atoms. The molecule has 1 aromatic carbocycles. The average molecular weight is 330 g/mol. The summed E-state index contributed by atoms with van der Waals surface area (Å²) < 4.78 is 40.2. The Morgan fingerprint density at radius 1 is 1.09 bits per heavy atom. The van der Waals surface area contributed by atoms with Gasteiger partial charge in [0.1, 0.15) is 12.4 Å². The number of carbonyl (C=O) groups excluding carboxylic acids is 2. The van der Waals surface area contributed by atoms with Gasteiger partial charge in [-0.1, -0.05) is 0 Å². The predicted molar refractivity (Wildman–Crippen MR) is 77.2 cm³/mol. The Morgan fingerprint density at radius 2 is 1.68 bits per heavy atom. The van der Waals surface area contributed by atoms with Crippen molar-refractivity contribution in [1.29, 1.82) is 0 Å². The van der Waals surface area contributed by atoms with Crippen LogP contribution in [0.2, 0.25) is 0 Å². The molecule has 22 heavy (non-hydrogen) atoms. The average Bonchev–Trinajstić information content (AvgIpc) is 2.43. The largest absolute Gasteiger partial charge is 0.427 e. The molecule has 0 aliphatic carbocycles. The van der Waals surface area contributed by atoms with Crippen LogP contribution in [0.3, 0.4) is 0 Å². The van der Waals surface area contributed by atoms with E-state index in [1.807, 2.05) is 0 Å². The summed E-state index contributed by atoms with van der Waals surface area (Å²) in [5.74, 6) is -0.302. The van der Waals surface area contributed by atoms with Crippen LogP contribution < -0.4 is 4.74 Å². The molecule has 1 rings (SSSR count). The number of benzene rings is 1. The molecule has 0 saturated carbocycles. The Bertz CT molecular complexity index is 605. The maximum Gasteiger partial charge on any atom is 0.311 e. The molecule has 0 bridgehead atoms. The van der Waals surface area contributed by atoms with Crippen LogP contribution in [-0.4, -0.2) is 38.4 Å². The lowest BCUT2D eigenvalue weighted by molar-refractivity contribution is -0.134. The number of hydrogen-bond donors (Lipinski definition) is 1. The fourth-order valence-corrected chi connectivity index (χ4v) is 2.17. The van der Waals surface area contributed by atoms with E-state index in [1.54, 1.807) is 0 Å². The molecule has 0 aliphatic heterocycles. The molecule has 0 amide bonds. The lowest BCUT2D eigenvalue weighted by Gasteiger charge is -2.05. The standard InChI is InChI=1S/C14H18O7S/c1-20-10-11(15)4-2-3-5-14(16)21-12-6-8-13(9-7-12)22(17,18)19/h6-9H,2-5,10H2,1H3,(H,17,18,19). The summed E-state index contributed by atoms with van der Waals surface area (Å²) in [7, 11) is -2.81. The number of esters is 1. The molecule has 0 fully saturated rings. The van der Waals surface area contributed by atoms with Crippen molar-refractivity contribution in [2.24, 2.45) is 0 Å². The van der Waals surface area contributed by atoms with Gasteiger partial charge in [-0.05, 0) is 37.1 Å². The minimum absolute atomic E-state index is 0.0170. The normalized spacial score (nSPS) is 11.2. The van der Waals surface area contributed by atoms with Gasteiger partial charge in [0.05, 0.1) is 4.90 Å². The van der Waals surface area contributed by atoms with Crippen LogP contribution in [0.4, 0.5) is 0 Å². The molecule has 0 aromatic heterocycles. The lowest BCUT2D eigenvalue weighted by atomic mass is 10.1. The van der Waals surface area contributed by atoms with Gasteiger partial charge in [0.2, 0.25) is 0 Å². The van der Waals surface area contributed by atoms with Crippen LogP contribution in [0.5, 0.6) is 5.75 Å². The first-order valence-corrected chi connectivity index (χ1v) is 8.06. The second-order valence-corrected chi connectivity index (χ2v) is 6.02. The summed E-state index contributed by atoms with van der Waals surface area (Å²) in [6, 6.07) is 4.84. The van der Waals surface area contributed by atoms with Gasteiger partial charge >= 0.3 is 5.97 Å². The van der Waals surface area contributed by atoms with Crippen LogP contribution in [0.15, 0.2) is 29.2 Å². The SMILES string of the molecule is COCC(=O)CCCCC(=O)Oc1ccc(S(=O)(=O)O)cc1. The number of unbranched alkanes of at least 4 members (excludes halogenated alkanes) is 1. The van der Waals surface area contributed by atoms with Gasteiger partial charge in [0.25, 0.3) is 10.1 Å². The number of carbonyl (C=O) groups is 2. The van der Waals surface area contributed by atoms with Crippen molar-refractivity contribution in [1.82, 2.24) is 0 Å². The molecule has 1 aromatic rings. The van der Waals surface area contributed by atoms with E-state index in [0.29, 0.717) is 19.3 Å². The second-order valence-electron chi connectivity index (χ2n) is 4.60. The van der Waals surface area contributed by atoms with Gasteiger partial charge in [-0.2, -0.15) is 8.42 Å². The summed E-state index contributed by atoms with van der Waals surface area (Å²) in [6.45, 7) is 0.0740. The smallest absolute Gasteiger partial charge is 0.311 e. The summed E-state index contributed by atoms with van der Waals surface area (Å²) in [5, 5.41) is 0. The molecule has 7 nitrogen and oxygen atoms in total. The third-order valence-electron chi connectivity index (χ3n) is 2.75. The molecule has 0 aliphatic rings. The van der Waals surface area contributed by atoms with Crippen molar-refractivity contribution in [3.05, 3.63) is 24.3 Å². The molecule has 0 heterocycles. The third kappa shape index (κ3) is 6.79. The lowest BCUT2D eigenvalue weighted by Crippen LogP contribution is -2.09. The number of rotatable bonds is 9. The Labute approximate surface area is 129 Å². The molecular formula is C14H18O7S. The molecular weight excluding hydrogens is 312 g/mol. The number of methoxy groups -OCH3 is 1. The molecule has 0 unspecified atom stereocenters. The highest BCUT2D eigenvalue weighted by Gasteiger charge is 2.10. The molecule has 122 valence electrons. The maximum absolute atomic E-state index is 11.6. The minimum atomic E-state index is -4.26. The van der Waals surface area contributed by atoms with E-state index in [1.165, 1.54) is 19.2 Å². The van der Waals surface area contributed by atoms with Gasteiger partial charge in [-0.15, -0.1) is 0 Å². The summed E-state index contributed by atoms with van der Waals surface area (Å²) in [6.07, 6.45) is 1.58. The first-order valence-electron chi connectivity index (χ1n) is 6.62. The number of ether oxygens (including phenoxy) is 2. The summed E-state index contributed by atoms with van der Waals surface area (Å²) >= 11 is 0. The van der Waals surface area contributed by atoms with E-state index in [4.69, 9.17) is 14.0 Å². The molecule has 0 radical (unpaired) electrons. The van der Waals surface area contributed by atoms with Crippen LogP contribution in [-0.2, 0) is 24.4 Å². The highest BCUT2D eigenvalue weighted by molar-refractivity contribution is 7.85.